The number of ether oxygens (including phenoxy) is 3. The minimum absolute atomic E-state index is 0.258. The van der Waals surface area contributed by atoms with Crippen LogP contribution in [0.5, 0.6) is 0 Å². The van der Waals surface area contributed by atoms with Gasteiger partial charge in [0.25, 0.3) is 0 Å². The van der Waals surface area contributed by atoms with E-state index in [0.29, 0.717) is 0 Å². The van der Waals surface area contributed by atoms with E-state index in [2.05, 4.69) is 116 Å². The Kier molecular flexibility index (Phi) is 6.76. The van der Waals surface area contributed by atoms with E-state index in [0.717, 1.165) is 25.2 Å². The first-order valence-electron chi connectivity index (χ1n) is 13.8. The Bertz CT molecular complexity index is 974. The zero-order valence-corrected chi connectivity index (χ0v) is 28.4. The molecule has 4 aliphatic rings. The Hall–Kier alpha value is 0.177. The van der Waals surface area contributed by atoms with Crippen molar-refractivity contribution in [2.45, 2.75) is 146 Å². The van der Waals surface area contributed by atoms with Crippen molar-refractivity contribution in [2.75, 3.05) is 6.16 Å². The van der Waals surface area contributed by atoms with Crippen LogP contribution >= 0.6 is 17.2 Å². The van der Waals surface area contributed by atoms with Crippen molar-refractivity contribution in [3.63, 3.8) is 0 Å². The monoisotopic (exact) mass is 550 g/mol. The SMILES string of the molecule is CC12CC3(C)OC(C)(CC(C)(O1)C3(CP)c1ccc([Si](C)(C)C)cc1CP(C(C)(C)C)C(C)(C)C)O2. The highest BCUT2D eigenvalue weighted by atomic mass is 31.1. The Labute approximate surface area is 226 Å². The lowest BCUT2D eigenvalue weighted by atomic mass is 9.51. The highest BCUT2D eigenvalue weighted by Gasteiger charge is 2.77. The topological polar surface area (TPSA) is 27.7 Å². The molecule has 36 heavy (non-hydrogen) atoms. The fourth-order valence-electron chi connectivity index (χ4n) is 8.30. The summed E-state index contributed by atoms with van der Waals surface area (Å²) in [5, 5.41) is 2.06. The quantitative estimate of drug-likeness (QED) is 0.277. The van der Waals surface area contributed by atoms with Crippen molar-refractivity contribution in [2.24, 2.45) is 0 Å². The summed E-state index contributed by atoms with van der Waals surface area (Å²) < 4.78 is 20.4. The molecule has 6 heteroatoms. The van der Waals surface area contributed by atoms with Crippen LogP contribution < -0.4 is 5.19 Å². The van der Waals surface area contributed by atoms with E-state index in [1.165, 1.54) is 11.1 Å². The van der Waals surface area contributed by atoms with Crippen LogP contribution in [0.15, 0.2) is 18.2 Å². The highest BCUT2D eigenvalue weighted by molar-refractivity contribution is 7.60. The third-order valence-electron chi connectivity index (χ3n) is 9.12. The normalized spacial score (nSPS) is 38.8. The summed E-state index contributed by atoms with van der Waals surface area (Å²) in [6.07, 6.45) is 3.50. The van der Waals surface area contributed by atoms with Crippen LogP contribution in [-0.4, -0.2) is 47.3 Å². The number of rotatable bonds is 5. The van der Waals surface area contributed by atoms with Gasteiger partial charge < -0.3 is 14.2 Å². The lowest BCUT2D eigenvalue weighted by molar-refractivity contribution is -0.531. The molecule has 0 spiro atoms. The van der Waals surface area contributed by atoms with E-state index < -0.39 is 19.6 Å². The van der Waals surface area contributed by atoms with E-state index in [1.807, 2.05) is 0 Å². The van der Waals surface area contributed by atoms with E-state index in [4.69, 9.17) is 14.2 Å². The molecule has 3 nitrogen and oxygen atoms in total. The first kappa shape index (κ1) is 29.2. The zero-order chi connectivity index (χ0) is 27.4. The van der Waals surface area contributed by atoms with Gasteiger partial charge in [-0.1, -0.05) is 92.5 Å². The molecule has 5 rings (SSSR count). The highest BCUT2D eigenvalue weighted by Crippen LogP contribution is 2.69. The van der Waals surface area contributed by atoms with E-state index in [9.17, 15) is 0 Å². The van der Waals surface area contributed by atoms with E-state index in [1.54, 1.807) is 5.19 Å². The summed E-state index contributed by atoms with van der Waals surface area (Å²) in [7, 11) is 1.32. The van der Waals surface area contributed by atoms with Gasteiger partial charge in [-0.2, -0.15) is 0 Å². The van der Waals surface area contributed by atoms with Crippen LogP contribution in [0.25, 0.3) is 0 Å². The Morgan fingerprint density at radius 1 is 0.833 bits per heavy atom. The first-order chi connectivity index (χ1) is 16.0. The summed E-state index contributed by atoms with van der Waals surface area (Å²) in [5.74, 6) is -1.22. The van der Waals surface area contributed by atoms with Crippen LogP contribution in [0.3, 0.4) is 0 Å². The molecule has 1 aromatic carbocycles. The van der Waals surface area contributed by atoms with Gasteiger partial charge in [-0.05, 0) is 61.5 Å². The van der Waals surface area contributed by atoms with Crippen LogP contribution in [0.4, 0.5) is 0 Å². The van der Waals surface area contributed by atoms with Gasteiger partial charge in [0.15, 0.2) is 11.6 Å². The third-order valence-corrected chi connectivity index (χ3v) is 15.7. The molecule has 5 atom stereocenters. The van der Waals surface area contributed by atoms with Gasteiger partial charge in [-0.3, -0.25) is 0 Å². The molecule has 0 saturated carbocycles. The number of hydrogen-bond donors (Lipinski definition) is 0. The second-order valence-corrected chi connectivity index (χ2v) is 24.9. The summed E-state index contributed by atoms with van der Waals surface area (Å²) in [6, 6.07) is 7.50. The molecule has 1 aromatic rings. The molecule has 0 radical (unpaired) electrons. The van der Waals surface area contributed by atoms with Gasteiger partial charge in [0.2, 0.25) is 0 Å². The molecule has 204 valence electrons. The molecule has 4 heterocycles. The van der Waals surface area contributed by atoms with Crippen LogP contribution in [0.2, 0.25) is 19.6 Å². The summed E-state index contributed by atoms with van der Waals surface area (Å²) in [6.45, 7) is 30.9. The molecule has 5 unspecified atom stereocenters. The largest absolute Gasteiger partial charge is 0.343 e. The van der Waals surface area contributed by atoms with Gasteiger partial charge >= 0.3 is 0 Å². The molecule has 4 bridgehead atoms. The number of hydrogen-bond acceptors (Lipinski definition) is 3. The molecule has 0 aromatic heterocycles. The molecule has 4 saturated heterocycles. The van der Waals surface area contributed by atoms with Gasteiger partial charge in [0.05, 0.1) is 24.7 Å². The summed E-state index contributed by atoms with van der Waals surface area (Å²) >= 11 is 0. The molecule has 4 fully saturated rings. The second kappa shape index (κ2) is 8.34. The van der Waals surface area contributed by atoms with Crippen LogP contribution in [-0.2, 0) is 25.8 Å². The zero-order valence-electron chi connectivity index (χ0n) is 25.3. The average Bonchev–Trinajstić information content (AvgIpc) is 2.60. The molecular weight excluding hydrogens is 498 g/mol. The summed E-state index contributed by atoms with van der Waals surface area (Å²) in [5.41, 5.74) is 1.91. The fourth-order valence-corrected chi connectivity index (χ4v) is 14.1. The summed E-state index contributed by atoms with van der Waals surface area (Å²) in [4.78, 5) is 0. The second-order valence-electron chi connectivity index (χ2n) is 15.5. The standard InChI is InChI=1S/C30H52O3P2Si/c1-24(2,3)35(25(4,5)6)17-21-16-22(36(11,12)13)14-15-23(21)30(20-34)26(7)18-28(9)32-27(30,8)19-29(10,31-26)33-28/h14-16H,17-20,34H2,1-13H3. The van der Waals surface area contributed by atoms with Crippen molar-refractivity contribution in [3.05, 3.63) is 29.3 Å². The maximum absolute atomic E-state index is 6.98. The van der Waals surface area contributed by atoms with E-state index >= 15 is 0 Å². The Balaban J connectivity index is 1.98. The average molecular weight is 551 g/mol. The van der Waals surface area contributed by atoms with Crippen molar-refractivity contribution < 1.29 is 14.2 Å². The van der Waals surface area contributed by atoms with Crippen molar-refractivity contribution >= 4 is 30.4 Å². The smallest absolute Gasteiger partial charge is 0.172 e. The van der Waals surface area contributed by atoms with Gasteiger partial charge in [0.1, 0.15) is 0 Å². The van der Waals surface area contributed by atoms with Crippen molar-refractivity contribution in [3.8, 4) is 0 Å². The Morgan fingerprint density at radius 2 is 1.31 bits per heavy atom. The van der Waals surface area contributed by atoms with Crippen molar-refractivity contribution in [1.82, 2.24) is 0 Å². The third kappa shape index (κ3) is 4.43. The maximum Gasteiger partial charge on any atom is 0.172 e. The maximum atomic E-state index is 6.98. The van der Waals surface area contributed by atoms with Crippen molar-refractivity contribution in [1.29, 1.82) is 0 Å². The first-order valence-corrected chi connectivity index (χ1v) is 19.6. The van der Waals surface area contributed by atoms with Gasteiger partial charge in [-0.25, -0.2) is 0 Å². The van der Waals surface area contributed by atoms with E-state index in [-0.39, 0.29) is 34.9 Å². The lowest BCUT2D eigenvalue weighted by Gasteiger charge is -2.74. The van der Waals surface area contributed by atoms with Gasteiger partial charge in [-0.15, -0.1) is 9.24 Å². The molecule has 0 aliphatic carbocycles. The molecule has 4 aliphatic heterocycles. The molecule has 0 amide bonds. The molecule has 0 N–H and O–H groups in total. The lowest BCUT2D eigenvalue weighted by Crippen LogP contribution is -2.84. The molecular formula is C30H52O3P2Si. The Morgan fingerprint density at radius 3 is 1.69 bits per heavy atom. The van der Waals surface area contributed by atoms with Crippen LogP contribution in [0, 0.1) is 0 Å². The fraction of sp³-hybridized carbons (Fsp3) is 0.800. The predicted octanol–water partition coefficient (Wildman–Crippen LogP) is 7.74. The van der Waals surface area contributed by atoms with Gasteiger partial charge in [0, 0.05) is 12.8 Å². The minimum Gasteiger partial charge on any atom is -0.343 e. The minimum atomic E-state index is -1.49. The number of benzene rings is 1. The predicted molar refractivity (Wildman–Crippen MR) is 162 cm³/mol. The van der Waals surface area contributed by atoms with Crippen LogP contribution in [0.1, 0.15) is 93.2 Å².